The van der Waals surface area contributed by atoms with Crippen LogP contribution in [-0.2, 0) is 29.1 Å². The van der Waals surface area contributed by atoms with Crippen molar-refractivity contribution in [2.24, 2.45) is 0 Å². The monoisotopic (exact) mass is 381 g/mol. The first-order chi connectivity index (χ1) is 13.5. The van der Waals surface area contributed by atoms with Crippen molar-refractivity contribution in [1.29, 1.82) is 0 Å². The molecule has 2 amide bonds. The van der Waals surface area contributed by atoms with E-state index in [-0.39, 0.29) is 18.2 Å². The first-order valence-corrected chi connectivity index (χ1v) is 9.80. The van der Waals surface area contributed by atoms with Gasteiger partial charge in [-0.15, -0.1) is 0 Å². The zero-order valence-electron chi connectivity index (χ0n) is 17.1. The van der Waals surface area contributed by atoms with Crippen LogP contribution in [0, 0.1) is 0 Å². The van der Waals surface area contributed by atoms with Crippen molar-refractivity contribution in [3.63, 3.8) is 0 Å². The number of nitrogens with one attached hydrogen (secondary N) is 2. The lowest BCUT2D eigenvalue weighted by molar-refractivity contribution is -0.122. The SMILES string of the molecule is CC(C)N(C)Cc1ccccc1CNC(=O)CCNC(=O)Cc1ccccc1. The molecule has 5 nitrogen and oxygen atoms in total. The molecule has 0 spiro atoms. The minimum atomic E-state index is -0.0685. The lowest BCUT2D eigenvalue weighted by Gasteiger charge is -2.22. The zero-order chi connectivity index (χ0) is 20.4. The van der Waals surface area contributed by atoms with Crippen LogP contribution in [0.15, 0.2) is 54.6 Å². The van der Waals surface area contributed by atoms with E-state index in [0.717, 1.165) is 17.7 Å². The van der Waals surface area contributed by atoms with E-state index in [9.17, 15) is 9.59 Å². The Morgan fingerprint density at radius 1 is 0.893 bits per heavy atom. The summed E-state index contributed by atoms with van der Waals surface area (Å²) in [6.45, 7) is 6.01. The molecule has 2 N–H and O–H groups in total. The van der Waals surface area contributed by atoms with E-state index < -0.39 is 0 Å². The Balaban J connectivity index is 1.73. The van der Waals surface area contributed by atoms with Crippen LogP contribution in [0.25, 0.3) is 0 Å². The number of hydrogen-bond donors (Lipinski definition) is 2. The third-order valence-electron chi connectivity index (χ3n) is 4.78. The fourth-order valence-corrected chi connectivity index (χ4v) is 2.78. The molecule has 0 bridgehead atoms. The Hall–Kier alpha value is -2.66. The highest BCUT2D eigenvalue weighted by atomic mass is 16.2. The van der Waals surface area contributed by atoms with Crippen molar-refractivity contribution in [2.45, 2.75) is 45.8 Å². The van der Waals surface area contributed by atoms with Crippen LogP contribution < -0.4 is 10.6 Å². The molecule has 0 atom stereocenters. The summed E-state index contributed by atoms with van der Waals surface area (Å²) in [5.41, 5.74) is 3.30. The molecule has 2 aromatic rings. The van der Waals surface area contributed by atoms with Crippen molar-refractivity contribution in [2.75, 3.05) is 13.6 Å². The van der Waals surface area contributed by atoms with E-state index in [1.54, 1.807) is 0 Å². The molecule has 0 aromatic heterocycles. The van der Waals surface area contributed by atoms with Crippen LogP contribution in [0.2, 0.25) is 0 Å². The molecular formula is C23H31N3O2. The summed E-state index contributed by atoms with van der Waals surface area (Å²) >= 11 is 0. The van der Waals surface area contributed by atoms with Crippen molar-refractivity contribution in [1.82, 2.24) is 15.5 Å². The van der Waals surface area contributed by atoms with Gasteiger partial charge in [-0.05, 0) is 37.6 Å². The summed E-state index contributed by atoms with van der Waals surface area (Å²) < 4.78 is 0. The van der Waals surface area contributed by atoms with E-state index >= 15 is 0 Å². The maximum Gasteiger partial charge on any atom is 0.224 e. The minimum Gasteiger partial charge on any atom is -0.355 e. The number of carbonyl (C=O) groups excluding carboxylic acids is 2. The molecule has 0 aliphatic rings. The van der Waals surface area contributed by atoms with E-state index in [0.29, 0.717) is 25.6 Å². The van der Waals surface area contributed by atoms with Gasteiger partial charge in [0.2, 0.25) is 11.8 Å². The summed E-state index contributed by atoms with van der Waals surface area (Å²) in [6, 6.07) is 18.2. The molecule has 0 unspecified atom stereocenters. The average molecular weight is 382 g/mol. The number of carbonyl (C=O) groups is 2. The Morgan fingerprint density at radius 3 is 2.21 bits per heavy atom. The fourth-order valence-electron chi connectivity index (χ4n) is 2.78. The number of hydrogen-bond acceptors (Lipinski definition) is 3. The number of benzene rings is 2. The highest BCUT2D eigenvalue weighted by Crippen LogP contribution is 2.12. The Kier molecular flexibility index (Phi) is 8.69. The molecule has 2 rings (SSSR count). The van der Waals surface area contributed by atoms with Gasteiger partial charge in [0.05, 0.1) is 6.42 Å². The second-order valence-electron chi connectivity index (χ2n) is 7.32. The van der Waals surface area contributed by atoms with Gasteiger partial charge in [0, 0.05) is 32.1 Å². The Bertz CT molecular complexity index is 759. The molecular weight excluding hydrogens is 350 g/mol. The second-order valence-corrected chi connectivity index (χ2v) is 7.32. The summed E-state index contributed by atoms with van der Waals surface area (Å²) in [5, 5.41) is 5.76. The largest absolute Gasteiger partial charge is 0.355 e. The van der Waals surface area contributed by atoms with Gasteiger partial charge in [-0.3, -0.25) is 14.5 Å². The van der Waals surface area contributed by atoms with Crippen LogP contribution in [0.4, 0.5) is 0 Å². The van der Waals surface area contributed by atoms with E-state index in [1.807, 2.05) is 48.5 Å². The van der Waals surface area contributed by atoms with Crippen molar-refractivity contribution in [3.05, 3.63) is 71.3 Å². The van der Waals surface area contributed by atoms with Crippen molar-refractivity contribution >= 4 is 11.8 Å². The molecule has 0 aliphatic heterocycles. The van der Waals surface area contributed by atoms with E-state index in [4.69, 9.17) is 0 Å². The maximum atomic E-state index is 12.1. The normalized spacial score (nSPS) is 10.9. The number of nitrogens with zero attached hydrogens (tertiary/aromatic N) is 1. The molecule has 2 aromatic carbocycles. The lowest BCUT2D eigenvalue weighted by atomic mass is 10.1. The van der Waals surface area contributed by atoms with Crippen LogP contribution in [0.5, 0.6) is 0 Å². The minimum absolute atomic E-state index is 0.0629. The molecule has 0 saturated carbocycles. The van der Waals surface area contributed by atoms with Crippen molar-refractivity contribution in [3.8, 4) is 0 Å². The van der Waals surface area contributed by atoms with Gasteiger partial charge in [0.25, 0.3) is 0 Å². The van der Waals surface area contributed by atoms with Gasteiger partial charge in [0.15, 0.2) is 0 Å². The van der Waals surface area contributed by atoms with Gasteiger partial charge in [-0.2, -0.15) is 0 Å². The van der Waals surface area contributed by atoms with Gasteiger partial charge >= 0.3 is 0 Å². The quantitative estimate of drug-likeness (QED) is 0.665. The standard InChI is InChI=1S/C23H31N3O2/c1-18(2)26(3)17-21-12-8-7-11-20(21)16-25-22(27)13-14-24-23(28)15-19-9-5-4-6-10-19/h4-12,18H,13-17H2,1-3H3,(H,24,28)(H,25,27). The molecule has 0 saturated heterocycles. The summed E-state index contributed by atoms with van der Waals surface area (Å²) in [7, 11) is 2.10. The van der Waals surface area contributed by atoms with Crippen LogP contribution >= 0.6 is 0 Å². The van der Waals surface area contributed by atoms with E-state index in [1.165, 1.54) is 5.56 Å². The molecule has 0 radical (unpaired) electrons. The van der Waals surface area contributed by atoms with Crippen LogP contribution in [0.1, 0.15) is 37.0 Å². The highest BCUT2D eigenvalue weighted by molar-refractivity contribution is 5.80. The molecule has 0 aliphatic carbocycles. The Labute approximate surface area is 168 Å². The summed E-state index contributed by atoms with van der Waals surface area (Å²) in [6.07, 6.45) is 0.605. The lowest BCUT2D eigenvalue weighted by Crippen LogP contribution is -2.31. The first kappa shape index (κ1) is 21.6. The number of amides is 2. The predicted octanol–water partition coefficient (Wildman–Crippen LogP) is 2.89. The predicted molar refractivity (Wildman–Crippen MR) is 113 cm³/mol. The molecule has 28 heavy (non-hydrogen) atoms. The summed E-state index contributed by atoms with van der Waals surface area (Å²) in [5.74, 6) is -0.131. The van der Waals surface area contributed by atoms with Crippen molar-refractivity contribution < 1.29 is 9.59 Å². The van der Waals surface area contributed by atoms with Gasteiger partial charge < -0.3 is 10.6 Å². The number of rotatable bonds is 10. The first-order valence-electron chi connectivity index (χ1n) is 9.80. The zero-order valence-corrected chi connectivity index (χ0v) is 17.1. The van der Waals surface area contributed by atoms with Gasteiger partial charge in [0.1, 0.15) is 0 Å². The van der Waals surface area contributed by atoms with Gasteiger partial charge in [-0.1, -0.05) is 54.6 Å². The molecule has 0 heterocycles. The fraction of sp³-hybridized carbons (Fsp3) is 0.391. The average Bonchev–Trinajstić information content (AvgIpc) is 2.68. The second kappa shape index (κ2) is 11.2. The summed E-state index contributed by atoms with van der Waals surface area (Å²) in [4.78, 5) is 26.3. The van der Waals surface area contributed by atoms with Gasteiger partial charge in [-0.25, -0.2) is 0 Å². The smallest absolute Gasteiger partial charge is 0.224 e. The topological polar surface area (TPSA) is 61.4 Å². The molecule has 0 fully saturated rings. The maximum absolute atomic E-state index is 12.1. The molecule has 150 valence electrons. The third kappa shape index (κ3) is 7.53. The van der Waals surface area contributed by atoms with E-state index in [2.05, 4.69) is 42.5 Å². The molecule has 5 heteroatoms. The van der Waals surface area contributed by atoms with Crippen LogP contribution in [-0.4, -0.2) is 36.3 Å². The highest BCUT2D eigenvalue weighted by Gasteiger charge is 2.09. The van der Waals surface area contributed by atoms with Crippen LogP contribution in [0.3, 0.4) is 0 Å². The Morgan fingerprint density at radius 2 is 1.54 bits per heavy atom. The third-order valence-corrected chi connectivity index (χ3v) is 4.78.